The van der Waals surface area contributed by atoms with Crippen LogP contribution >= 0.6 is 12.2 Å². The summed E-state index contributed by atoms with van der Waals surface area (Å²) < 4.78 is 1.90. The second kappa shape index (κ2) is 7.22. The molecule has 0 saturated carbocycles. The van der Waals surface area contributed by atoms with Crippen LogP contribution in [0.1, 0.15) is 25.0 Å². The maximum Gasteiger partial charge on any atom is 0.171 e. The Morgan fingerprint density at radius 3 is 2.62 bits per heavy atom. The molecule has 0 fully saturated rings. The summed E-state index contributed by atoms with van der Waals surface area (Å²) in [4.78, 5) is 0. The molecule has 2 N–H and O–H groups in total. The van der Waals surface area contributed by atoms with Crippen LogP contribution in [0.3, 0.4) is 0 Å². The Morgan fingerprint density at radius 2 is 1.95 bits per heavy atom. The van der Waals surface area contributed by atoms with Gasteiger partial charge in [-0.15, -0.1) is 0 Å². The van der Waals surface area contributed by atoms with Gasteiger partial charge < -0.3 is 10.6 Å². The average molecular weight is 302 g/mol. The third kappa shape index (κ3) is 5.19. The van der Waals surface area contributed by atoms with Gasteiger partial charge in [0, 0.05) is 18.8 Å². The number of nitrogens with one attached hydrogen (secondary N) is 2. The van der Waals surface area contributed by atoms with E-state index in [2.05, 4.69) is 60.8 Å². The maximum absolute atomic E-state index is 5.24. The quantitative estimate of drug-likeness (QED) is 0.833. The number of hydrogen-bond acceptors (Lipinski definition) is 2. The summed E-state index contributed by atoms with van der Waals surface area (Å²) in [5.41, 5.74) is 2.50. The molecule has 0 bridgehead atoms. The highest BCUT2D eigenvalue weighted by atomic mass is 32.1. The van der Waals surface area contributed by atoms with Gasteiger partial charge >= 0.3 is 0 Å². The van der Waals surface area contributed by atoms with Crippen molar-refractivity contribution < 1.29 is 0 Å². The highest BCUT2D eigenvalue weighted by Gasteiger charge is 2.03. The fourth-order valence-corrected chi connectivity index (χ4v) is 2.04. The third-order valence-corrected chi connectivity index (χ3v) is 3.26. The second-order valence-corrected chi connectivity index (χ2v) is 6.02. The summed E-state index contributed by atoms with van der Waals surface area (Å²) in [6.45, 7) is 7.99. The Morgan fingerprint density at radius 1 is 1.24 bits per heavy atom. The Balaban J connectivity index is 1.89. The maximum atomic E-state index is 5.24. The Hall–Kier alpha value is -1.88. The first-order chi connectivity index (χ1) is 10.0. The number of aromatic nitrogens is 2. The fourth-order valence-electron chi connectivity index (χ4n) is 1.85. The monoisotopic (exact) mass is 302 g/mol. The normalized spacial score (nSPS) is 10.7. The first-order valence-electron chi connectivity index (χ1n) is 7.17. The van der Waals surface area contributed by atoms with Gasteiger partial charge in [-0.1, -0.05) is 43.7 Å². The van der Waals surface area contributed by atoms with Gasteiger partial charge in [0.05, 0.1) is 6.54 Å². The lowest BCUT2D eigenvalue weighted by Gasteiger charge is -2.10. The van der Waals surface area contributed by atoms with E-state index in [4.69, 9.17) is 12.2 Å². The van der Waals surface area contributed by atoms with Gasteiger partial charge in [0.2, 0.25) is 0 Å². The Bertz CT molecular complexity index is 587. The summed E-state index contributed by atoms with van der Waals surface area (Å²) in [5, 5.41) is 11.4. The predicted molar refractivity (Wildman–Crippen MR) is 91.6 cm³/mol. The van der Waals surface area contributed by atoms with E-state index in [0.717, 1.165) is 18.9 Å². The van der Waals surface area contributed by atoms with Gasteiger partial charge in [-0.2, -0.15) is 5.10 Å². The van der Waals surface area contributed by atoms with Crippen LogP contribution in [-0.2, 0) is 6.54 Å². The van der Waals surface area contributed by atoms with Crippen LogP contribution in [0.15, 0.2) is 36.5 Å². The molecule has 2 aromatic rings. The molecule has 0 aliphatic carbocycles. The smallest absolute Gasteiger partial charge is 0.171 e. The van der Waals surface area contributed by atoms with Crippen LogP contribution in [0.5, 0.6) is 0 Å². The molecule has 0 spiro atoms. The molecule has 5 heteroatoms. The number of anilines is 1. The lowest BCUT2D eigenvalue weighted by atomic mass is 10.1. The first-order valence-corrected chi connectivity index (χ1v) is 7.57. The average Bonchev–Trinajstić information content (AvgIpc) is 2.86. The molecule has 0 unspecified atom stereocenters. The van der Waals surface area contributed by atoms with Crippen LogP contribution in [0.4, 0.5) is 5.82 Å². The topological polar surface area (TPSA) is 41.9 Å². The SMILES string of the molecule is Cc1ccc(Cn2ccc(NC(=S)NCC(C)C)n2)cc1. The minimum absolute atomic E-state index is 0.559. The molecule has 0 radical (unpaired) electrons. The number of nitrogens with zero attached hydrogens (tertiary/aromatic N) is 2. The molecule has 0 saturated heterocycles. The number of rotatable bonds is 5. The minimum atomic E-state index is 0.559. The largest absolute Gasteiger partial charge is 0.362 e. The van der Waals surface area contributed by atoms with Crippen LogP contribution in [0, 0.1) is 12.8 Å². The van der Waals surface area contributed by atoms with Crippen molar-refractivity contribution in [1.82, 2.24) is 15.1 Å². The van der Waals surface area contributed by atoms with Gasteiger partial charge in [0.25, 0.3) is 0 Å². The summed E-state index contributed by atoms with van der Waals surface area (Å²) in [6.07, 6.45) is 1.95. The first kappa shape index (κ1) is 15.5. The lowest BCUT2D eigenvalue weighted by Crippen LogP contribution is -2.31. The van der Waals surface area contributed by atoms with Crippen molar-refractivity contribution in [3.63, 3.8) is 0 Å². The van der Waals surface area contributed by atoms with Crippen molar-refractivity contribution in [3.8, 4) is 0 Å². The molecule has 4 nitrogen and oxygen atoms in total. The minimum Gasteiger partial charge on any atom is -0.362 e. The molecule has 0 atom stereocenters. The van der Waals surface area contributed by atoms with Gasteiger partial charge in [-0.3, -0.25) is 4.68 Å². The molecule has 0 aliphatic rings. The molecule has 1 heterocycles. The van der Waals surface area contributed by atoms with Crippen molar-refractivity contribution in [2.75, 3.05) is 11.9 Å². The number of aryl methyl sites for hydroxylation is 1. The molecule has 0 aliphatic heterocycles. The molecular formula is C16H22N4S. The summed E-state index contributed by atoms with van der Waals surface area (Å²) in [7, 11) is 0. The summed E-state index contributed by atoms with van der Waals surface area (Å²) >= 11 is 5.24. The molecule has 1 aromatic heterocycles. The van der Waals surface area contributed by atoms with Crippen LogP contribution in [-0.4, -0.2) is 21.4 Å². The van der Waals surface area contributed by atoms with E-state index >= 15 is 0 Å². The van der Waals surface area contributed by atoms with E-state index in [1.165, 1.54) is 11.1 Å². The van der Waals surface area contributed by atoms with Gasteiger partial charge in [0.15, 0.2) is 10.9 Å². The zero-order valence-corrected chi connectivity index (χ0v) is 13.6. The number of thiocarbonyl (C=S) groups is 1. The Labute approximate surface area is 131 Å². The third-order valence-electron chi connectivity index (χ3n) is 3.02. The van der Waals surface area contributed by atoms with Gasteiger partial charge in [-0.05, 0) is 30.6 Å². The van der Waals surface area contributed by atoms with Gasteiger partial charge in [0.1, 0.15) is 0 Å². The van der Waals surface area contributed by atoms with Crippen molar-refractivity contribution >= 4 is 23.1 Å². The zero-order chi connectivity index (χ0) is 15.2. The van der Waals surface area contributed by atoms with E-state index in [1.807, 2.05) is 16.9 Å². The molecule has 1 aromatic carbocycles. The highest BCUT2D eigenvalue weighted by Crippen LogP contribution is 2.08. The van der Waals surface area contributed by atoms with Crippen molar-refractivity contribution in [3.05, 3.63) is 47.7 Å². The van der Waals surface area contributed by atoms with E-state index in [-0.39, 0.29) is 0 Å². The number of benzene rings is 1. The zero-order valence-electron chi connectivity index (χ0n) is 12.8. The van der Waals surface area contributed by atoms with Crippen molar-refractivity contribution in [1.29, 1.82) is 0 Å². The second-order valence-electron chi connectivity index (χ2n) is 5.61. The van der Waals surface area contributed by atoms with Crippen LogP contribution in [0.2, 0.25) is 0 Å². The number of hydrogen-bond donors (Lipinski definition) is 2. The van der Waals surface area contributed by atoms with Crippen molar-refractivity contribution in [2.45, 2.75) is 27.3 Å². The van der Waals surface area contributed by atoms with Crippen LogP contribution < -0.4 is 10.6 Å². The molecule has 21 heavy (non-hydrogen) atoms. The molecule has 112 valence electrons. The summed E-state index contributed by atoms with van der Waals surface area (Å²) in [5.74, 6) is 1.33. The van der Waals surface area contributed by atoms with E-state index in [9.17, 15) is 0 Å². The lowest BCUT2D eigenvalue weighted by molar-refractivity contribution is 0.627. The van der Waals surface area contributed by atoms with E-state index in [1.54, 1.807) is 0 Å². The highest BCUT2D eigenvalue weighted by molar-refractivity contribution is 7.80. The van der Waals surface area contributed by atoms with E-state index in [0.29, 0.717) is 11.0 Å². The van der Waals surface area contributed by atoms with Crippen LogP contribution in [0.25, 0.3) is 0 Å². The molecular weight excluding hydrogens is 280 g/mol. The fraction of sp³-hybridized carbons (Fsp3) is 0.375. The Kier molecular flexibility index (Phi) is 5.33. The molecule has 0 amide bonds. The van der Waals surface area contributed by atoms with Crippen molar-refractivity contribution in [2.24, 2.45) is 5.92 Å². The summed E-state index contributed by atoms with van der Waals surface area (Å²) in [6, 6.07) is 10.4. The van der Waals surface area contributed by atoms with Gasteiger partial charge in [-0.25, -0.2) is 0 Å². The standard InChI is InChI=1S/C16H22N4S/c1-12(2)10-17-16(21)18-15-8-9-20(19-15)11-14-6-4-13(3)5-7-14/h4-9,12H,10-11H2,1-3H3,(H2,17,18,19,21). The molecule has 2 rings (SSSR count). The van der Waals surface area contributed by atoms with E-state index < -0.39 is 0 Å². The predicted octanol–water partition coefficient (Wildman–Crippen LogP) is 3.18.